The molecule has 0 unspecified atom stereocenters. The number of alkyl carbamates (subject to hydrolysis) is 2. The normalized spacial score (nSPS) is 15.6. The highest BCUT2D eigenvalue weighted by molar-refractivity contribution is 6.06. The van der Waals surface area contributed by atoms with Crippen LogP contribution in [0.25, 0.3) is 55.0 Å². The van der Waals surface area contributed by atoms with Crippen molar-refractivity contribution >= 4 is 56.6 Å². The van der Waals surface area contributed by atoms with Crippen molar-refractivity contribution in [1.82, 2.24) is 40.4 Å². The highest BCUT2D eigenvalue weighted by atomic mass is 16.5. The minimum absolute atomic E-state index is 0.112. The second-order valence-corrected chi connectivity index (χ2v) is 16.4. The molecule has 2 aromatic heterocycles. The summed E-state index contributed by atoms with van der Waals surface area (Å²) in [5.41, 5.74) is 5.76. The molecule has 0 bridgehead atoms. The number of fused-ring (bicyclic) bond motifs is 4. The Morgan fingerprint density at radius 1 is 0.803 bits per heavy atom. The van der Waals surface area contributed by atoms with E-state index in [1.807, 2.05) is 58.7 Å². The Bertz CT molecular complexity index is 2580. The van der Waals surface area contributed by atoms with Gasteiger partial charge in [0.2, 0.25) is 11.8 Å². The van der Waals surface area contributed by atoms with Crippen molar-refractivity contribution in [2.75, 3.05) is 27.3 Å². The number of carbonyl (C=O) groups excluding carboxylic acids is 4. The summed E-state index contributed by atoms with van der Waals surface area (Å²) in [5, 5.41) is 9.67. The van der Waals surface area contributed by atoms with Gasteiger partial charge in [0, 0.05) is 24.0 Å². The highest BCUT2D eigenvalue weighted by Gasteiger charge is 2.38. The number of carbonyl (C=O) groups is 4. The number of methoxy groups -OCH3 is 2. The van der Waals surface area contributed by atoms with Crippen LogP contribution in [0, 0.1) is 11.8 Å². The van der Waals surface area contributed by atoms with E-state index in [1.165, 1.54) is 14.2 Å². The Balaban J connectivity index is 1.10. The lowest BCUT2D eigenvalue weighted by molar-refractivity contribution is -0.137. The molecule has 4 aromatic carbocycles. The summed E-state index contributed by atoms with van der Waals surface area (Å²) < 4.78 is 9.58. The predicted molar refractivity (Wildman–Crippen MR) is 237 cm³/mol. The Hall–Kier alpha value is -6.44. The maximum Gasteiger partial charge on any atom is 0.407 e. The number of ether oxygens (including phenoxy) is 2. The number of imidazole rings is 2. The van der Waals surface area contributed by atoms with E-state index in [-0.39, 0.29) is 35.7 Å². The molecule has 1 fully saturated rings. The Morgan fingerprint density at radius 2 is 1.41 bits per heavy atom. The second kappa shape index (κ2) is 18.0. The van der Waals surface area contributed by atoms with Gasteiger partial charge in [0.05, 0.1) is 49.2 Å². The van der Waals surface area contributed by atoms with Gasteiger partial charge in [0.15, 0.2) is 0 Å². The molecule has 4 atom stereocenters. The van der Waals surface area contributed by atoms with Crippen LogP contribution in [0.2, 0.25) is 0 Å². The van der Waals surface area contributed by atoms with Gasteiger partial charge in [-0.05, 0) is 89.6 Å². The fraction of sp³-hybridized carbons (Fsp3) is 0.404. The molecule has 1 saturated heterocycles. The Labute approximate surface area is 355 Å². The van der Waals surface area contributed by atoms with Crippen LogP contribution in [0.15, 0.2) is 72.9 Å². The van der Waals surface area contributed by atoms with Crippen LogP contribution in [-0.4, -0.2) is 93.1 Å². The number of aromatic nitrogens is 4. The van der Waals surface area contributed by atoms with Crippen LogP contribution in [0.3, 0.4) is 0 Å². The molecular formula is C47H56N8O6. The molecule has 0 aliphatic carbocycles. The topological polar surface area (TPSA) is 175 Å². The van der Waals surface area contributed by atoms with Crippen LogP contribution < -0.4 is 10.6 Å². The van der Waals surface area contributed by atoms with E-state index < -0.39 is 24.3 Å². The standard InChI is InChI=1S/C47H56N8O6/c1-9-37(54(10-2)44(56)39(26(3)4)52-46(58)60-7)42-48-25-36(50-42)33-16-15-29-22-28(13-14-30(29)24-33)31-17-19-34-32(23-31)18-20-35-41(34)51-43(49-35)38-12-11-21-55(38)45(57)40(27(5)6)53-47(59)61-8/h13-20,22-27,37-40H,9-12,21H2,1-8H3,(H,48,50)(H,49,51)(H,52,58)(H,53,59)/t37-,38-,39-,40-/m0/s1. The lowest BCUT2D eigenvalue weighted by atomic mass is 9.97. The van der Waals surface area contributed by atoms with E-state index in [2.05, 4.69) is 81.3 Å². The molecule has 320 valence electrons. The zero-order valence-corrected chi connectivity index (χ0v) is 36.2. The van der Waals surface area contributed by atoms with Gasteiger partial charge in [-0.3, -0.25) is 9.59 Å². The quantitative estimate of drug-likeness (QED) is 0.0895. The summed E-state index contributed by atoms with van der Waals surface area (Å²) in [6, 6.07) is 21.4. The van der Waals surface area contributed by atoms with Gasteiger partial charge >= 0.3 is 12.2 Å². The number of rotatable bonds is 13. The third-order valence-electron chi connectivity index (χ3n) is 11.9. The van der Waals surface area contributed by atoms with Crippen molar-refractivity contribution in [1.29, 1.82) is 0 Å². The maximum atomic E-state index is 13.7. The van der Waals surface area contributed by atoms with Crippen molar-refractivity contribution in [2.24, 2.45) is 11.8 Å². The van der Waals surface area contributed by atoms with Crippen LogP contribution in [0.5, 0.6) is 0 Å². The molecule has 14 nitrogen and oxygen atoms in total. The monoisotopic (exact) mass is 828 g/mol. The number of H-pyrrole nitrogens is 2. The van der Waals surface area contributed by atoms with E-state index in [9.17, 15) is 19.2 Å². The van der Waals surface area contributed by atoms with E-state index >= 15 is 0 Å². The molecule has 0 spiro atoms. The van der Waals surface area contributed by atoms with Crippen molar-refractivity contribution < 1.29 is 28.7 Å². The first-order valence-electron chi connectivity index (χ1n) is 21.2. The molecule has 1 aliphatic rings. The summed E-state index contributed by atoms with van der Waals surface area (Å²) in [6.45, 7) is 12.6. The summed E-state index contributed by atoms with van der Waals surface area (Å²) in [4.78, 5) is 71.9. The highest BCUT2D eigenvalue weighted by Crippen LogP contribution is 2.36. The van der Waals surface area contributed by atoms with Crippen LogP contribution in [0.4, 0.5) is 9.59 Å². The van der Waals surface area contributed by atoms with Gasteiger partial charge in [0.25, 0.3) is 0 Å². The number of likely N-dealkylation sites (N-methyl/N-ethyl adjacent to an activating group) is 1. The Kier molecular flexibility index (Phi) is 12.6. The minimum Gasteiger partial charge on any atom is -0.453 e. The first-order valence-corrected chi connectivity index (χ1v) is 21.2. The zero-order valence-electron chi connectivity index (χ0n) is 36.2. The summed E-state index contributed by atoms with van der Waals surface area (Å²) in [6.07, 6.45) is 2.81. The fourth-order valence-corrected chi connectivity index (χ4v) is 8.57. The molecule has 61 heavy (non-hydrogen) atoms. The number of amides is 4. The van der Waals surface area contributed by atoms with Crippen molar-refractivity contribution in [2.45, 2.75) is 85.0 Å². The second-order valence-electron chi connectivity index (χ2n) is 16.4. The van der Waals surface area contributed by atoms with Gasteiger partial charge in [-0.2, -0.15) is 0 Å². The number of nitrogens with one attached hydrogen (secondary N) is 4. The molecule has 4 amide bonds. The van der Waals surface area contributed by atoms with E-state index in [4.69, 9.17) is 19.4 Å². The van der Waals surface area contributed by atoms with Gasteiger partial charge < -0.3 is 39.9 Å². The van der Waals surface area contributed by atoms with Gasteiger partial charge in [-0.25, -0.2) is 19.6 Å². The Morgan fingerprint density at radius 3 is 2.05 bits per heavy atom. The van der Waals surface area contributed by atoms with Crippen LogP contribution >= 0.6 is 0 Å². The zero-order chi connectivity index (χ0) is 43.5. The fourth-order valence-electron chi connectivity index (χ4n) is 8.57. The molecular weight excluding hydrogens is 773 g/mol. The average molecular weight is 829 g/mol. The number of hydrogen-bond acceptors (Lipinski definition) is 8. The van der Waals surface area contributed by atoms with Crippen molar-refractivity contribution in [3.8, 4) is 22.4 Å². The van der Waals surface area contributed by atoms with E-state index in [0.29, 0.717) is 25.3 Å². The summed E-state index contributed by atoms with van der Waals surface area (Å²) >= 11 is 0. The third-order valence-corrected chi connectivity index (χ3v) is 11.9. The smallest absolute Gasteiger partial charge is 0.407 e. The first kappa shape index (κ1) is 42.7. The maximum absolute atomic E-state index is 13.7. The summed E-state index contributed by atoms with van der Waals surface area (Å²) in [5.74, 6) is 0.860. The molecule has 6 aromatic rings. The van der Waals surface area contributed by atoms with Gasteiger partial charge in [0.1, 0.15) is 23.7 Å². The molecule has 14 heteroatoms. The van der Waals surface area contributed by atoms with Crippen molar-refractivity contribution in [3.63, 3.8) is 0 Å². The largest absolute Gasteiger partial charge is 0.453 e. The number of nitrogens with zero attached hydrogens (tertiary/aromatic N) is 4. The SMILES string of the molecule is CC[C@@H](c1ncc(-c2ccc3cc(-c4ccc5c(ccc6[nH]c([C@@H]7CCCN7C(=O)[C@@H](NC(=O)OC)C(C)C)nc65)c4)ccc3c2)[nH]1)N(CC)C(=O)[C@@H](NC(=O)OC)C(C)C. The molecule has 1 aliphatic heterocycles. The lowest BCUT2D eigenvalue weighted by Crippen LogP contribution is -2.52. The van der Waals surface area contributed by atoms with Crippen LogP contribution in [-0.2, 0) is 19.1 Å². The van der Waals surface area contributed by atoms with Crippen molar-refractivity contribution in [3.05, 3.63) is 84.6 Å². The molecule has 7 rings (SSSR count). The number of hydrogen-bond donors (Lipinski definition) is 4. The van der Waals surface area contributed by atoms with Gasteiger partial charge in [-0.1, -0.05) is 77.1 Å². The number of likely N-dealkylation sites (tertiary alicyclic amines) is 1. The number of benzene rings is 4. The average Bonchev–Trinajstić information content (AvgIpc) is 4.06. The van der Waals surface area contributed by atoms with Gasteiger partial charge in [-0.15, -0.1) is 0 Å². The van der Waals surface area contributed by atoms with E-state index in [0.717, 1.165) is 73.6 Å². The minimum atomic E-state index is -0.729. The molecule has 4 N–H and O–H groups in total. The lowest BCUT2D eigenvalue weighted by Gasteiger charge is -2.33. The molecule has 3 heterocycles. The van der Waals surface area contributed by atoms with Crippen LogP contribution in [0.1, 0.15) is 84.5 Å². The molecule has 0 radical (unpaired) electrons. The third kappa shape index (κ3) is 8.61. The van der Waals surface area contributed by atoms with E-state index in [1.54, 1.807) is 4.90 Å². The number of aromatic amines is 2. The first-order chi connectivity index (χ1) is 29.3. The molecule has 0 saturated carbocycles. The predicted octanol–water partition coefficient (Wildman–Crippen LogP) is 8.65. The summed E-state index contributed by atoms with van der Waals surface area (Å²) in [7, 11) is 2.58.